The summed E-state index contributed by atoms with van der Waals surface area (Å²) in [6, 6.07) is 5.43. The summed E-state index contributed by atoms with van der Waals surface area (Å²) in [4.78, 5) is 10.3. The molecule has 0 N–H and O–H groups in total. The van der Waals surface area contributed by atoms with Crippen LogP contribution in [-0.4, -0.2) is 18.5 Å². The van der Waals surface area contributed by atoms with Crippen molar-refractivity contribution in [2.45, 2.75) is 17.1 Å². The fourth-order valence-electron chi connectivity index (χ4n) is 1.06. The maximum absolute atomic E-state index is 10.7. The molecule has 0 aliphatic carbocycles. The van der Waals surface area contributed by atoms with Gasteiger partial charge < -0.3 is 0 Å². The predicted octanol–water partition coefficient (Wildman–Crippen LogP) is 2.90. The van der Waals surface area contributed by atoms with Crippen molar-refractivity contribution >= 4 is 39.5 Å². The Bertz CT molecular complexity index is 374. The normalized spacial score (nSPS) is 11.4. The molecule has 0 atom stereocenters. The first-order valence-corrected chi connectivity index (χ1v) is 11.4. The molecule has 1 aromatic rings. The van der Waals surface area contributed by atoms with Crippen LogP contribution in [0.25, 0.3) is 0 Å². The molecule has 0 amide bonds. The third-order valence-corrected chi connectivity index (χ3v) is 6.41. The van der Waals surface area contributed by atoms with Crippen LogP contribution in [-0.2, 0) is 0 Å². The summed E-state index contributed by atoms with van der Waals surface area (Å²) >= 11 is 1.39. The zero-order chi connectivity index (χ0) is 10.9. The molecular weight excluding hydrogens is 309 g/mol. The van der Waals surface area contributed by atoms with Crippen molar-refractivity contribution < 1.29 is 4.92 Å². The van der Waals surface area contributed by atoms with E-state index in [1.54, 1.807) is 12.1 Å². The van der Waals surface area contributed by atoms with E-state index in [0.717, 1.165) is 4.35 Å². The zero-order valence-electron chi connectivity index (χ0n) is 8.32. The molecule has 14 heavy (non-hydrogen) atoms. The molecule has 0 unspecified atom stereocenters. The second-order valence-corrected chi connectivity index (χ2v) is 14.3. The van der Waals surface area contributed by atoms with Gasteiger partial charge in [-0.05, 0) is 0 Å². The number of hydrogen-bond donors (Lipinski definition) is 0. The van der Waals surface area contributed by atoms with Crippen LogP contribution in [0.2, 0.25) is 17.1 Å². The molecule has 0 radical (unpaired) electrons. The molecule has 0 aliphatic rings. The van der Waals surface area contributed by atoms with Gasteiger partial charge in [0.15, 0.2) is 0 Å². The van der Waals surface area contributed by atoms with Crippen molar-refractivity contribution in [3.8, 4) is 0 Å². The monoisotopic (exact) mass is 320 g/mol. The van der Waals surface area contributed by atoms with Gasteiger partial charge in [-0.1, -0.05) is 0 Å². The summed E-state index contributed by atoms with van der Waals surface area (Å²) in [6.07, 6.45) is 0. The molecule has 0 aromatic heterocycles. The summed E-state index contributed by atoms with van der Waals surface area (Å²) < 4.78 is 1.69. The molecule has 5 heteroatoms. The fourth-order valence-corrected chi connectivity index (χ4v) is 3.61. The van der Waals surface area contributed by atoms with E-state index in [0.29, 0.717) is 4.47 Å². The fraction of sp³-hybridized carbons (Fsp3) is 0.333. The molecule has 0 saturated heterocycles. The summed E-state index contributed by atoms with van der Waals surface area (Å²) in [5.41, 5.74) is 6.76. The van der Waals surface area contributed by atoms with Gasteiger partial charge in [0.05, 0.1) is 0 Å². The Kier molecular flexibility index (Phi) is 3.38. The van der Waals surface area contributed by atoms with Crippen LogP contribution in [0, 0.1) is 10.1 Å². The van der Waals surface area contributed by atoms with Crippen LogP contribution in [0.4, 0.5) is 5.69 Å². The minimum atomic E-state index is -1.79. The summed E-state index contributed by atoms with van der Waals surface area (Å²) in [5, 5.41) is 10.7. The molecule has 0 heterocycles. The van der Waals surface area contributed by atoms with Gasteiger partial charge in [-0.25, -0.2) is 0 Å². The van der Waals surface area contributed by atoms with Gasteiger partial charge in [-0.3, -0.25) is 0 Å². The number of nitrogens with zero attached hydrogens (tertiary/aromatic N) is 1. The summed E-state index contributed by atoms with van der Waals surface area (Å²) in [6.45, 7) is 0. The van der Waals surface area contributed by atoms with E-state index >= 15 is 0 Å². The van der Waals surface area contributed by atoms with Gasteiger partial charge in [0, 0.05) is 0 Å². The van der Waals surface area contributed by atoms with E-state index in [2.05, 4.69) is 33.1 Å². The van der Waals surface area contributed by atoms with Crippen molar-refractivity contribution in [2.24, 2.45) is 0 Å². The van der Waals surface area contributed by atoms with Crippen molar-refractivity contribution in [3.05, 3.63) is 32.8 Å². The van der Waals surface area contributed by atoms with Crippen LogP contribution in [0.1, 0.15) is 0 Å². The minimum absolute atomic E-state index is 0.166. The Morgan fingerprint density at radius 1 is 1.36 bits per heavy atom. The molecule has 1 rings (SSSR count). The van der Waals surface area contributed by atoms with Gasteiger partial charge in [0.2, 0.25) is 0 Å². The topological polar surface area (TPSA) is 43.1 Å². The Morgan fingerprint density at radius 2 is 1.93 bits per heavy atom. The van der Waals surface area contributed by atoms with Crippen LogP contribution in [0.5, 0.6) is 0 Å². The van der Waals surface area contributed by atoms with Gasteiger partial charge >= 0.3 is 94.4 Å². The van der Waals surface area contributed by atoms with E-state index in [-0.39, 0.29) is 10.6 Å². The number of nitro groups is 1. The molecular formula is C9H12AsBrNO2+. The average Bonchev–Trinajstić information content (AvgIpc) is 2.02. The van der Waals surface area contributed by atoms with E-state index < -0.39 is 13.6 Å². The quantitative estimate of drug-likeness (QED) is 0.478. The third-order valence-electron chi connectivity index (χ3n) is 1.90. The van der Waals surface area contributed by atoms with Gasteiger partial charge in [0.1, 0.15) is 0 Å². The Hall–Kier alpha value is -0.342. The molecule has 76 valence electrons. The molecule has 0 aliphatic heterocycles. The van der Waals surface area contributed by atoms with Gasteiger partial charge in [0.25, 0.3) is 0 Å². The SMILES string of the molecule is C[As+](C)(C)c1ccc(Br)c([N+](=O)[O-])c1. The van der Waals surface area contributed by atoms with Crippen molar-refractivity contribution in [2.75, 3.05) is 0 Å². The number of hydrogen-bond acceptors (Lipinski definition) is 2. The van der Waals surface area contributed by atoms with Crippen LogP contribution in [0.15, 0.2) is 22.7 Å². The average molecular weight is 321 g/mol. The predicted molar refractivity (Wildman–Crippen MR) is 63.8 cm³/mol. The van der Waals surface area contributed by atoms with Crippen LogP contribution in [0.3, 0.4) is 0 Å². The zero-order valence-corrected chi connectivity index (χ0v) is 11.8. The Labute approximate surface area is 94.2 Å². The molecule has 3 nitrogen and oxygen atoms in total. The van der Waals surface area contributed by atoms with Crippen molar-refractivity contribution in [1.29, 1.82) is 0 Å². The summed E-state index contributed by atoms with van der Waals surface area (Å²) in [5.74, 6) is 0. The van der Waals surface area contributed by atoms with Gasteiger partial charge in [-0.2, -0.15) is 0 Å². The number of benzene rings is 1. The van der Waals surface area contributed by atoms with E-state index in [4.69, 9.17) is 0 Å². The molecule has 1 aromatic carbocycles. The van der Waals surface area contributed by atoms with E-state index in [1.165, 1.54) is 0 Å². The second-order valence-electron chi connectivity index (χ2n) is 3.91. The number of rotatable bonds is 2. The first kappa shape index (κ1) is 11.7. The maximum atomic E-state index is 10.7. The van der Waals surface area contributed by atoms with Crippen molar-refractivity contribution in [1.82, 2.24) is 0 Å². The Morgan fingerprint density at radius 3 is 2.36 bits per heavy atom. The second kappa shape index (κ2) is 4.03. The number of halogens is 1. The van der Waals surface area contributed by atoms with E-state index in [9.17, 15) is 10.1 Å². The summed E-state index contributed by atoms with van der Waals surface area (Å²) in [7, 11) is 0. The Balaban J connectivity index is 3.27. The van der Waals surface area contributed by atoms with Crippen molar-refractivity contribution in [3.63, 3.8) is 0 Å². The standard InChI is InChI=1S/C9H12AsBrNO2/c1-10(2,3)7-4-5-8(11)9(6-7)12(13)14/h4-6H,1-3H3/q+1. The van der Waals surface area contributed by atoms with Crippen LogP contribution < -0.4 is 4.35 Å². The van der Waals surface area contributed by atoms with E-state index in [1.807, 2.05) is 6.07 Å². The molecule has 0 bridgehead atoms. The molecule has 0 spiro atoms. The molecule has 0 fully saturated rings. The first-order chi connectivity index (χ1) is 6.32. The van der Waals surface area contributed by atoms with Gasteiger partial charge in [-0.15, -0.1) is 0 Å². The first-order valence-electron chi connectivity index (χ1n) is 4.08. The van der Waals surface area contributed by atoms with Crippen LogP contribution >= 0.6 is 15.9 Å². The number of nitro benzene ring substituents is 1. The third kappa shape index (κ3) is 2.58. The molecule has 0 saturated carbocycles.